The van der Waals surface area contributed by atoms with Crippen LogP contribution in [0.4, 0.5) is 11.5 Å². The van der Waals surface area contributed by atoms with E-state index in [2.05, 4.69) is 27.2 Å². The summed E-state index contributed by atoms with van der Waals surface area (Å²) in [7, 11) is 0. The molecule has 17 heavy (non-hydrogen) atoms. The molecule has 2 heterocycles. The van der Waals surface area contributed by atoms with E-state index in [4.69, 9.17) is 17.3 Å². The van der Waals surface area contributed by atoms with E-state index in [0.29, 0.717) is 11.5 Å². The van der Waals surface area contributed by atoms with Crippen LogP contribution >= 0.6 is 22.9 Å². The van der Waals surface area contributed by atoms with Gasteiger partial charge in [0.15, 0.2) is 5.82 Å². The molecule has 0 aliphatic heterocycles. The summed E-state index contributed by atoms with van der Waals surface area (Å²) in [6.07, 6.45) is 4.15. The molecule has 0 aliphatic rings. The fourth-order valence-electron chi connectivity index (χ4n) is 1.40. The Kier molecular flexibility index (Phi) is 3.75. The second-order valence-electron chi connectivity index (χ2n) is 3.42. The van der Waals surface area contributed by atoms with Crippen LogP contribution in [-0.2, 0) is 0 Å². The van der Waals surface area contributed by atoms with Crippen molar-refractivity contribution in [3.63, 3.8) is 0 Å². The molecule has 2 aromatic heterocycles. The minimum Gasteiger partial charge on any atom is -0.394 e. The van der Waals surface area contributed by atoms with Crippen LogP contribution in [0.5, 0.6) is 0 Å². The number of hydrogen-bond donors (Lipinski definition) is 2. The van der Waals surface area contributed by atoms with Crippen molar-refractivity contribution in [1.29, 1.82) is 0 Å². The van der Waals surface area contributed by atoms with E-state index in [-0.39, 0.29) is 11.3 Å². The summed E-state index contributed by atoms with van der Waals surface area (Å²) in [5, 5.41) is 6.35. The van der Waals surface area contributed by atoms with Crippen LogP contribution in [0.1, 0.15) is 24.4 Å². The lowest BCUT2D eigenvalue weighted by Gasteiger charge is -2.16. The smallest absolute Gasteiger partial charge is 0.224 e. The van der Waals surface area contributed by atoms with E-state index in [9.17, 15) is 0 Å². The quantitative estimate of drug-likeness (QED) is 0.835. The second-order valence-corrected chi connectivity index (χ2v) is 4.68. The summed E-state index contributed by atoms with van der Waals surface area (Å²) < 4.78 is 0. The standard InChI is InChI=1S/C10H12ClN5S/c1-2-7(9-13-3-4-17-9)15-8-6(12)5-14-10(11)16-8/h3-5,7H,2,12H2,1H3,(H,14,15,16). The fraction of sp³-hybridized carbons (Fsp3) is 0.300. The van der Waals surface area contributed by atoms with Crippen molar-refractivity contribution in [1.82, 2.24) is 15.0 Å². The molecule has 0 aliphatic carbocycles. The topological polar surface area (TPSA) is 76.7 Å². The number of anilines is 2. The van der Waals surface area contributed by atoms with Gasteiger partial charge in [0, 0.05) is 11.6 Å². The highest BCUT2D eigenvalue weighted by Gasteiger charge is 2.14. The maximum Gasteiger partial charge on any atom is 0.224 e. The van der Waals surface area contributed by atoms with E-state index in [0.717, 1.165) is 11.4 Å². The van der Waals surface area contributed by atoms with Crippen LogP contribution in [0.2, 0.25) is 5.28 Å². The minimum atomic E-state index is 0.0864. The van der Waals surface area contributed by atoms with Crippen LogP contribution in [-0.4, -0.2) is 15.0 Å². The molecule has 2 aromatic rings. The number of nitrogens with two attached hydrogens (primary N) is 1. The predicted molar refractivity (Wildman–Crippen MR) is 70.2 cm³/mol. The second kappa shape index (κ2) is 5.29. The summed E-state index contributed by atoms with van der Waals surface area (Å²) in [5.74, 6) is 0.548. The number of hydrogen-bond acceptors (Lipinski definition) is 6. The van der Waals surface area contributed by atoms with Gasteiger partial charge in [-0.05, 0) is 18.0 Å². The molecule has 1 unspecified atom stereocenters. The van der Waals surface area contributed by atoms with Crippen molar-refractivity contribution < 1.29 is 0 Å². The van der Waals surface area contributed by atoms with E-state index >= 15 is 0 Å². The first-order valence-electron chi connectivity index (χ1n) is 5.14. The van der Waals surface area contributed by atoms with Crippen molar-refractivity contribution in [3.05, 3.63) is 28.1 Å². The van der Waals surface area contributed by atoms with Crippen molar-refractivity contribution in [3.8, 4) is 0 Å². The highest BCUT2D eigenvalue weighted by atomic mass is 35.5. The highest BCUT2D eigenvalue weighted by Crippen LogP contribution is 2.26. The van der Waals surface area contributed by atoms with Crippen molar-refractivity contribution in [2.24, 2.45) is 0 Å². The number of nitrogen functional groups attached to an aromatic ring is 1. The molecular weight excluding hydrogens is 258 g/mol. The van der Waals surface area contributed by atoms with Gasteiger partial charge in [-0.3, -0.25) is 0 Å². The molecule has 5 nitrogen and oxygen atoms in total. The molecule has 0 fully saturated rings. The monoisotopic (exact) mass is 269 g/mol. The maximum atomic E-state index is 5.78. The SMILES string of the molecule is CCC(Nc1nc(Cl)ncc1N)c1nccs1. The fourth-order valence-corrected chi connectivity index (χ4v) is 2.30. The Labute approximate surface area is 108 Å². The molecule has 0 spiro atoms. The molecular formula is C10H12ClN5S. The number of rotatable bonds is 4. The van der Waals surface area contributed by atoms with Gasteiger partial charge in [-0.1, -0.05) is 6.92 Å². The van der Waals surface area contributed by atoms with Gasteiger partial charge in [0.25, 0.3) is 0 Å². The van der Waals surface area contributed by atoms with Gasteiger partial charge in [-0.2, -0.15) is 4.98 Å². The van der Waals surface area contributed by atoms with E-state index in [1.54, 1.807) is 17.5 Å². The molecule has 0 saturated heterocycles. The first-order chi connectivity index (χ1) is 8.20. The van der Waals surface area contributed by atoms with Crippen molar-refractivity contribution in [2.45, 2.75) is 19.4 Å². The lowest BCUT2D eigenvalue weighted by molar-refractivity contribution is 0.737. The molecule has 90 valence electrons. The summed E-state index contributed by atoms with van der Waals surface area (Å²) in [6, 6.07) is 0.0864. The van der Waals surface area contributed by atoms with Gasteiger partial charge in [0.2, 0.25) is 5.28 Å². The van der Waals surface area contributed by atoms with E-state index < -0.39 is 0 Å². The van der Waals surface area contributed by atoms with Crippen LogP contribution in [0.3, 0.4) is 0 Å². The van der Waals surface area contributed by atoms with Crippen LogP contribution in [0, 0.1) is 0 Å². The summed E-state index contributed by atoms with van der Waals surface area (Å²) in [5.41, 5.74) is 6.26. The number of halogens is 1. The Morgan fingerprint density at radius 1 is 1.53 bits per heavy atom. The maximum absolute atomic E-state index is 5.78. The Morgan fingerprint density at radius 2 is 2.35 bits per heavy atom. The molecule has 3 N–H and O–H groups in total. The Morgan fingerprint density at radius 3 is 3.00 bits per heavy atom. The third-order valence-corrected chi connectivity index (χ3v) is 3.33. The zero-order valence-electron chi connectivity index (χ0n) is 9.22. The molecule has 0 saturated carbocycles. The normalized spacial score (nSPS) is 12.4. The van der Waals surface area contributed by atoms with Crippen LogP contribution in [0.15, 0.2) is 17.8 Å². The Hall–Kier alpha value is -1.40. The number of aromatic nitrogens is 3. The van der Waals surface area contributed by atoms with Gasteiger partial charge in [-0.15, -0.1) is 11.3 Å². The van der Waals surface area contributed by atoms with Crippen molar-refractivity contribution in [2.75, 3.05) is 11.1 Å². The average Bonchev–Trinajstić information content (AvgIpc) is 2.84. The Bertz CT molecular complexity index is 487. The molecule has 2 rings (SSSR count). The molecule has 0 amide bonds. The summed E-state index contributed by atoms with van der Waals surface area (Å²) in [4.78, 5) is 12.2. The van der Waals surface area contributed by atoms with Gasteiger partial charge in [0.1, 0.15) is 5.01 Å². The zero-order chi connectivity index (χ0) is 12.3. The summed E-state index contributed by atoms with van der Waals surface area (Å²) >= 11 is 7.33. The lowest BCUT2D eigenvalue weighted by Crippen LogP contribution is -2.12. The first kappa shape index (κ1) is 12.1. The van der Waals surface area contributed by atoms with Gasteiger partial charge in [0.05, 0.1) is 17.9 Å². The first-order valence-corrected chi connectivity index (χ1v) is 6.40. The average molecular weight is 270 g/mol. The molecule has 0 bridgehead atoms. The number of thiazole rings is 1. The van der Waals surface area contributed by atoms with Crippen molar-refractivity contribution >= 4 is 34.4 Å². The summed E-state index contributed by atoms with van der Waals surface area (Å²) in [6.45, 7) is 2.07. The molecule has 7 heteroatoms. The number of nitrogens with one attached hydrogen (secondary N) is 1. The zero-order valence-corrected chi connectivity index (χ0v) is 10.8. The predicted octanol–water partition coefficient (Wildman–Crippen LogP) is 2.73. The van der Waals surface area contributed by atoms with Gasteiger partial charge >= 0.3 is 0 Å². The molecule has 0 radical (unpaired) electrons. The minimum absolute atomic E-state index is 0.0864. The van der Waals surface area contributed by atoms with Crippen LogP contribution < -0.4 is 11.1 Å². The number of nitrogens with zero attached hydrogens (tertiary/aromatic N) is 3. The van der Waals surface area contributed by atoms with E-state index in [1.807, 2.05) is 5.38 Å². The molecule has 1 atom stereocenters. The third-order valence-electron chi connectivity index (χ3n) is 2.26. The third kappa shape index (κ3) is 2.83. The lowest BCUT2D eigenvalue weighted by atomic mass is 10.2. The molecule has 0 aromatic carbocycles. The largest absolute Gasteiger partial charge is 0.394 e. The Balaban J connectivity index is 2.21. The van der Waals surface area contributed by atoms with Gasteiger partial charge in [-0.25, -0.2) is 9.97 Å². The van der Waals surface area contributed by atoms with Gasteiger partial charge < -0.3 is 11.1 Å². The highest BCUT2D eigenvalue weighted by molar-refractivity contribution is 7.09. The van der Waals surface area contributed by atoms with Crippen LogP contribution in [0.25, 0.3) is 0 Å². The van der Waals surface area contributed by atoms with E-state index in [1.165, 1.54) is 6.20 Å².